The van der Waals surface area contributed by atoms with Crippen molar-refractivity contribution in [3.05, 3.63) is 90.0 Å². The van der Waals surface area contributed by atoms with Crippen molar-refractivity contribution in [3.63, 3.8) is 0 Å². The third kappa shape index (κ3) is 6.72. The molecule has 0 aromatic heterocycles. The zero-order valence-corrected chi connectivity index (χ0v) is 18.3. The summed E-state index contributed by atoms with van der Waals surface area (Å²) in [6.07, 6.45) is -4.59. The molecule has 33 heavy (non-hydrogen) atoms. The van der Waals surface area contributed by atoms with Crippen LogP contribution in [0.4, 0.5) is 18.9 Å². The summed E-state index contributed by atoms with van der Waals surface area (Å²) in [7, 11) is -4.12. The molecule has 0 aliphatic rings. The van der Waals surface area contributed by atoms with Crippen LogP contribution in [0.3, 0.4) is 0 Å². The largest absolute Gasteiger partial charge is 0.484 e. The molecule has 0 spiro atoms. The SMILES string of the molecule is C[C@@H](NC(=O)COc1ccc(S(=O)(=O)Nc2cccc(C(F)(F)F)c2)cc1)c1ccccc1. The summed E-state index contributed by atoms with van der Waals surface area (Å²) in [5.74, 6) is -0.0928. The molecule has 3 rings (SSSR count). The number of ether oxygens (including phenoxy) is 1. The summed E-state index contributed by atoms with van der Waals surface area (Å²) in [6, 6.07) is 18.2. The van der Waals surface area contributed by atoms with Crippen LogP contribution in [0.15, 0.2) is 83.8 Å². The monoisotopic (exact) mass is 478 g/mol. The molecule has 174 valence electrons. The fourth-order valence-corrected chi connectivity index (χ4v) is 3.99. The summed E-state index contributed by atoms with van der Waals surface area (Å²) in [4.78, 5) is 11.9. The van der Waals surface area contributed by atoms with Crippen molar-refractivity contribution in [2.75, 3.05) is 11.3 Å². The molecule has 0 saturated carbocycles. The van der Waals surface area contributed by atoms with Crippen LogP contribution in [0.2, 0.25) is 0 Å². The fraction of sp³-hybridized carbons (Fsp3) is 0.174. The van der Waals surface area contributed by atoms with Gasteiger partial charge in [-0.25, -0.2) is 8.42 Å². The smallest absolute Gasteiger partial charge is 0.416 e. The Morgan fingerprint density at radius 1 is 0.970 bits per heavy atom. The van der Waals surface area contributed by atoms with E-state index in [4.69, 9.17) is 4.74 Å². The zero-order chi connectivity index (χ0) is 24.1. The molecular weight excluding hydrogens is 457 g/mol. The minimum Gasteiger partial charge on any atom is -0.484 e. The Hall–Kier alpha value is -3.53. The first kappa shape index (κ1) is 24.1. The second-order valence-electron chi connectivity index (χ2n) is 7.14. The van der Waals surface area contributed by atoms with E-state index in [0.29, 0.717) is 6.07 Å². The fourth-order valence-electron chi connectivity index (χ4n) is 2.95. The lowest BCUT2D eigenvalue weighted by molar-refractivity contribution is -0.137. The van der Waals surface area contributed by atoms with Crippen LogP contribution in [0.1, 0.15) is 24.1 Å². The topological polar surface area (TPSA) is 84.5 Å². The molecule has 6 nitrogen and oxygen atoms in total. The van der Waals surface area contributed by atoms with Crippen LogP contribution in [0.5, 0.6) is 5.75 Å². The van der Waals surface area contributed by atoms with Crippen LogP contribution in [-0.4, -0.2) is 20.9 Å². The summed E-state index contributed by atoms with van der Waals surface area (Å²) in [5, 5.41) is 2.79. The molecule has 0 radical (unpaired) electrons. The van der Waals surface area contributed by atoms with Crippen LogP contribution in [-0.2, 0) is 21.0 Å². The van der Waals surface area contributed by atoms with Gasteiger partial charge in [0.15, 0.2) is 6.61 Å². The average molecular weight is 478 g/mol. The third-order valence-corrected chi connectivity index (χ3v) is 6.02. The van der Waals surface area contributed by atoms with Crippen LogP contribution >= 0.6 is 0 Å². The maximum absolute atomic E-state index is 12.8. The summed E-state index contributed by atoms with van der Waals surface area (Å²) in [6.45, 7) is 1.57. The van der Waals surface area contributed by atoms with Gasteiger partial charge in [-0.2, -0.15) is 13.2 Å². The summed E-state index contributed by atoms with van der Waals surface area (Å²) < 4.78 is 71.0. The van der Waals surface area contributed by atoms with E-state index in [1.54, 1.807) is 0 Å². The molecule has 3 aromatic rings. The Bertz CT molecular complexity index is 1200. The normalized spacial score (nSPS) is 12.6. The Morgan fingerprint density at radius 2 is 1.64 bits per heavy atom. The Labute approximate surface area is 189 Å². The number of carbonyl (C=O) groups excluding carboxylic acids is 1. The summed E-state index contributed by atoms with van der Waals surface area (Å²) >= 11 is 0. The lowest BCUT2D eigenvalue weighted by Gasteiger charge is -2.15. The first-order valence-electron chi connectivity index (χ1n) is 9.82. The number of anilines is 1. The van der Waals surface area contributed by atoms with Crippen molar-refractivity contribution < 1.29 is 31.1 Å². The molecule has 1 amide bonds. The number of amides is 1. The van der Waals surface area contributed by atoms with Crippen LogP contribution < -0.4 is 14.8 Å². The highest BCUT2D eigenvalue weighted by Gasteiger charge is 2.30. The van der Waals surface area contributed by atoms with E-state index in [1.165, 1.54) is 30.3 Å². The number of halogens is 3. The molecule has 0 fully saturated rings. The first-order chi connectivity index (χ1) is 15.5. The molecule has 0 bridgehead atoms. The van der Waals surface area contributed by atoms with E-state index in [1.807, 2.05) is 37.3 Å². The molecule has 0 saturated heterocycles. The third-order valence-electron chi connectivity index (χ3n) is 4.62. The van der Waals surface area contributed by atoms with Crippen molar-refractivity contribution >= 4 is 21.6 Å². The minimum atomic E-state index is -4.59. The standard InChI is InChI=1S/C23H21F3N2O4S/c1-16(17-6-3-2-4-7-17)27-22(29)15-32-20-10-12-21(13-11-20)33(30,31)28-19-9-5-8-18(14-19)23(24,25)26/h2-14,16,28H,15H2,1H3,(H,27,29)/t16-/m1/s1. The average Bonchev–Trinajstić information content (AvgIpc) is 2.78. The van der Waals surface area contributed by atoms with Gasteiger partial charge in [-0.1, -0.05) is 36.4 Å². The van der Waals surface area contributed by atoms with Gasteiger partial charge in [0.1, 0.15) is 5.75 Å². The number of nitrogens with one attached hydrogen (secondary N) is 2. The number of sulfonamides is 1. The van der Waals surface area contributed by atoms with Gasteiger partial charge in [0, 0.05) is 5.69 Å². The van der Waals surface area contributed by atoms with E-state index >= 15 is 0 Å². The second kappa shape index (κ2) is 9.95. The second-order valence-corrected chi connectivity index (χ2v) is 8.83. The van der Waals surface area contributed by atoms with E-state index < -0.39 is 21.8 Å². The van der Waals surface area contributed by atoms with E-state index in [9.17, 15) is 26.4 Å². The Morgan fingerprint density at radius 3 is 2.27 bits per heavy atom. The van der Waals surface area contributed by atoms with Gasteiger partial charge >= 0.3 is 6.18 Å². The van der Waals surface area contributed by atoms with Gasteiger partial charge in [-0.05, 0) is 55.0 Å². The van der Waals surface area contributed by atoms with Crippen LogP contribution in [0.25, 0.3) is 0 Å². The first-order valence-corrected chi connectivity index (χ1v) is 11.3. The Kier molecular flexibility index (Phi) is 7.27. The molecule has 0 unspecified atom stereocenters. The lowest BCUT2D eigenvalue weighted by atomic mass is 10.1. The highest BCUT2D eigenvalue weighted by molar-refractivity contribution is 7.92. The van der Waals surface area contributed by atoms with Crippen molar-refractivity contribution in [1.82, 2.24) is 5.32 Å². The number of carbonyl (C=O) groups is 1. The van der Waals surface area contributed by atoms with E-state index in [0.717, 1.165) is 17.7 Å². The molecule has 0 heterocycles. The van der Waals surface area contributed by atoms with Gasteiger partial charge in [-0.3, -0.25) is 9.52 Å². The molecule has 3 aromatic carbocycles. The van der Waals surface area contributed by atoms with Gasteiger partial charge in [0.2, 0.25) is 0 Å². The number of benzene rings is 3. The van der Waals surface area contributed by atoms with Crippen molar-refractivity contribution in [1.29, 1.82) is 0 Å². The quantitative estimate of drug-likeness (QED) is 0.489. The predicted molar refractivity (Wildman–Crippen MR) is 117 cm³/mol. The molecule has 10 heteroatoms. The van der Waals surface area contributed by atoms with Gasteiger partial charge in [0.25, 0.3) is 15.9 Å². The van der Waals surface area contributed by atoms with Gasteiger partial charge < -0.3 is 10.1 Å². The number of hydrogen-bond acceptors (Lipinski definition) is 4. The molecule has 0 aliphatic heterocycles. The number of alkyl halides is 3. The minimum absolute atomic E-state index is 0.172. The van der Waals surface area contributed by atoms with Crippen molar-refractivity contribution in [2.45, 2.75) is 24.0 Å². The molecular formula is C23H21F3N2O4S. The molecule has 0 aliphatic carbocycles. The molecule has 1 atom stereocenters. The van der Waals surface area contributed by atoms with Crippen LogP contribution in [0, 0.1) is 0 Å². The highest BCUT2D eigenvalue weighted by atomic mass is 32.2. The number of hydrogen-bond donors (Lipinski definition) is 2. The highest BCUT2D eigenvalue weighted by Crippen LogP contribution is 2.31. The zero-order valence-electron chi connectivity index (χ0n) is 17.5. The van der Waals surface area contributed by atoms with Crippen molar-refractivity contribution in [3.8, 4) is 5.75 Å². The maximum Gasteiger partial charge on any atom is 0.416 e. The number of rotatable bonds is 8. The maximum atomic E-state index is 12.8. The predicted octanol–water partition coefficient (Wildman–Crippen LogP) is 4.76. The molecule has 2 N–H and O–H groups in total. The van der Waals surface area contributed by atoms with E-state index in [-0.39, 0.29) is 34.9 Å². The lowest BCUT2D eigenvalue weighted by Crippen LogP contribution is -2.31. The van der Waals surface area contributed by atoms with E-state index in [2.05, 4.69) is 10.0 Å². The Balaban J connectivity index is 1.58. The van der Waals surface area contributed by atoms with Gasteiger partial charge in [0.05, 0.1) is 16.5 Å². The van der Waals surface area contributed by atoms with Crippen molar-refractivity contribution in [2.24, 2.45) is 0 Å². The summed E-state index contributed by atoms with van der Waals surface area (Å²) in [5.41, 5.74) is -0.241. The van der Waals surface area contributed by atoms with Gasteiger partial charge in [-0.15, -0.1) is 0 Å².